The molecular formula is C9H8N2O2. The molecule has 1 N–H and O–H groups in total. The number of phenolic OH excluding ortho intramolecular Hbond substituents is 1. The zero-order valence-corrected chi connectivity index (χ0v) is 7.06. The molecular weight excluding hydrogens is 168 g/mol. The smallest absolute Gasteiger partial charge is 0.229 e. The zero-order chi connectivity index (χ0) is 9.42. The summed E-state index contributed by atoms with van der Waals surface area (Å²) in [4.78, 5) is 15.0. The summed E-state index contributed by atoms with van der Waals surface area (Å²) in [6.07, 6.45) is 1.45. The van der Waals surface area contributed by atoms with Crippen LogP contribution in [0, 0.1) is 0 Å². The van der Waals surface area contributed by atoms with Crippen molar-refractivity contribution < 1.29 is 9.90 Å². The van der Waals surface area contributed by atoms with Crippen LogP contribution in [0.5, 0.6) is 5.75 Å². The van der Waals surface area contributed by atoms with Crippen LogP contribution in [-0.4, -0.2) is 20.6 Å². The van der Waals surface area contributed by atoms with E-state index >= 15 is 0 Å². The Morgan fingerprint density at radius 3 is 3.00 bits per heavy atom. The number of rotatable bonds is 0. The van der Waals surface area contributed by atoms with E-state index in [-0.39, 0.29) is 11.7 Å². The third-order valence-electron chi connectivity index (χ3n) is 1.87. The number of hydrogen-bond donors (Lipinski definition) is 1. The lowest BCUT2D eigenvalue weighted by Gasteiger charge is -1.96. The Kier molecular flexibility index (Phi) is 1.55. The first-order valence-corrected chi connectivity index (χ1v) is 3.85. The highest BCUT2D eigenvalue weighted by molar-refractivity contribution is 5.89. The number of phenols is 1. The minimum absolute atomic E-state index is 0.0896. The Labute approximate surface area is 74.4 Å². The molecule has 0 amide bonds. The van der Waals surface area contributed by atoms with Crippen molar-refractivity contribution in [3.8, 4) is 5.75 Å². The molecule has 0 bridgehead atoms. The molecule has 0 aliphatic rings. The summed E-state index contributed by atoms with van der Waals surface area (Å²) >= 11 is 0. The zero-order valence-electron chi connectivity index (χ0n) is 7.06. The van der Waals surface area contributed by atoms with Gasteiger partial charge in [-0.05, 0) is 12.1 Å². The largest absolute Gasteiger partial charge is 0.508 e. The highest BCUT2D eigenvalue weighted by atomic mass is 16.3. The second kappa shape index (κ2) is 2.58. The molecule has 4 heteroatoms. The van der Waals surface area contributed by atoms with Gasteiger partial charge in [0.25, 0.3) is 0 Å². The van der Waals surface area contributed by atoms with Crippen molar-refractivity contribution in [2.24, 2.45) is 0 Å². The lowest BCUT2D eigenvalue weighted by molar-refractivity contribution is 0.0941. The summed E-state index contributed by atoms with van der Waals surface area (Å²) in [6, 6.07) is 4.72. The van der Waals surface area contributed by atoms with Crippen LogP contribution in [0.15, 0.2) is 24.5 Å². The highest BCUT2D eigenvalue weighted by Crippen LogP contribution is 2.18. The van der Waals surface area contributed by atoms with Crippen LogP contribution in [0.4, 0.5) is 0 Å². The molecule has 0 aliphatic heterocycles. The second-order valence-corrected chi connectivity index (χ2v) is 2.81. The highest BCUT2D eigenvalue weighted by Gasteiger charge is 2.05. The molecule has 0 saturated carbocycles. The lowest BCUT2D eigenvalue weighted by Crippen LogP contribution is -2.02. The standard InChI is InChI=1S/C9H8N2O2/c1-6(12)11-5-10-8-4-7(13)2-3-9(8)11/h2-5,13H,1H3. The molecule has 1 heterocycles. The number of fused-ring (bicyclic) bond motifs is 1. The van der Waals surface area contributed by atoms with E-state index in [2.05, 4.69) is 4.98 Å². The fourth-order valence-electron chi connectivity index (χ4n) is 1.25. The van der Waals surface area contributed by atoms with Gasteiger partial charge >= 0.3 is 0 Å². The van der Waals surface area contributed by atoms with Crippen LogP contribution >= 0.6 is 0 Å². The Morgan fingerprint density at radius 2 is 2.31 bits per heavy atom. The quantitative estimate of drug-likeness (QED) is 0.660. The average Bonchev–Trinajstić information content (AvgIpc) is 2.46. The van der Waals surface area contributed by atoms with E-state index in [9.17, 15) is 4.79 Å². The minimum atomic E-state index is -0.0896. The monoisotopic (exact) mass is 176 g/mol. The molecule has 0 aliphatic carbocycles. The first kappa shape index (κ1) is 7.79. The van der Waals surface area contributed by atoms with Gasteiger partial charge in [0.1, 0.15) is 12.1 Å². The number of aromatic nitrogens is 2. The number of aromatic hydroxyl groups is 1. The maximum atomic E-state index is 11.1. The topological polar surface area (TPSA) is 55.1 Å². The van der Waals surface area contributed by atoms with Crippen LogP contribution in [0.3, 0.4) is 0 Å². The van der Waals surface area contributed by atoms with E-state index in [1.54, 1.807) is 6.07 Å². The van der Waals surface area contributed by atoms with Gasteiger partial charge in [0, 0.05) is 13.0 Å². The molecule has 0 atom stereocenters. The van der Waals surface area contributed by atoms with E-state index in [4.69, 9.17) is 5.11 Å². The van der Waals surface area contributed by atoms with Gasteiger partial charge < -0.3 is 5.11 Å². The number of benzene rings is 1. The molecule has 0 radical (unpaired) electrons. The fourth-order valence-corrected chi connectivity index (χ4v) is 1.25. The number of carbonyl (C=O) groups excluding carboxylic acids is 1. The van der Waals surface area contributed by atoms with E-state index in [0.717, 1.165) is 0 Å². The molecule has 0 fully saturated rings. The molecule has 13 heavy (non-hydrogen) atoms. The Bertz CT molecular complexity index is 473. The summed E-state index contributed by atoms with van der Waals surface area (Å²) in [7, 11) is 0. The Hall–Kier alpha value is -1.84. The van der Waals surface area contributed by atoms with Gasteiger partial charge in [0.05, 0.1) is 11.0 Å². The van der Waals surface area contributed by atoms with Crippen molar-refractivity contribution >= 4 is 16.9 Å². The molecule has 2 rings (SSSR count). The average molecular weight is 176 g/mol. The summed E-state index contributed by atoms with van der Waals surface area (Å²) in [5.41, 5.74) is 1.33. The molecule has 66 valence electrons. The Morgan fingerprint density at radius 1 is 1.54 bits per heavy atom. The van der Waals surface area contributed by atoms with Gasteiger partial charge in [-0.15, -0.1) is 0 Å². The number of hydrogen-bond acceptors (Lipinski definition) is 3. The number of imidazole rings is 1. The molecule has 1 aromatic heterocycles. The Balaban J connectivity index is 2.76. The van der Waals surface area contributed by atoms with Crippen molar-refractivity contribution in [2.75, 3.05) is 0 Å². The van der Waals surface area contributed by atoms with E-state index in [1.807, 2.05) is 0 Å². The predicted molar refractivity (Wildman–Crippen MR) is 47.7 cm³/mol. The fraction of sp³-hybridized carbons (Fsp3) is 0.111. The van der Waals surface area contributed by atoms with E-state index < -0.39 is 0 Å². The number of nitrogens with zero attached hydrogens (tertiary/aromatic N) is 2. The predicted octanol–water partition coefficient (Wildman–Crippen LogP) is 1.40. The summed E-state index contributed by atoms with van der Waals surface area (Å²) in [5.74, 6) is 0.0643. The normalized spacial score (nSPS) is 10.5. The van der Waals surface area contributed by atoms with Crippen molar-refractivity contribution in [1.82, 2.24) is 9.55 Å². The maximum absolute atomic E-state index is 11.1. The lowest BCUT2D eigenvalue weighted by atomic mass is 10.3. The maximum Gasteiger partial charge on any atom is 0.229 e. The first-order chi connectivity index (χ1) is 6.18. The summed E-state index contributed by atoms with van der Waals surface area (Å²) in [5, 5.41) is 9.14. The molecule has 4 nitrogen and oxygen atoms in total. The van der Waals surface area contributed by atoms with Crippen LogP contribution in [0.2, 0.25) is 0 Å². The molecule has 0 spiro atoms. The molecule has 1 aromatic carbocycles. The first-order valence-electron chi connectivity index (χ1n) is 3.85. The minimum Gasteiger partial charge on any atom is -0.508 e. The third kappa shape index (κ3) is 1.16. The van der Waals surface area contributed by atoms with Gasteiger partial charge in [-0.1, -0.05) is 0 Å². The van der Waals surface area contributed by atoms with Gasteiger partial charge in [0.15, 0.2) is 0 Å². The molecule has 2 aromatic rings. The van der Waals surface area contributed by atoms with Gasteiger partial charge in [-0.2, -0.15) is 0 Å². The van der Waals surface area contributed by atoms with Crippen molar-refractivity contribution in [2.45, 2.75) is 6.92 Å². The van der Waals surface area contributed by atoms with Crippen LogP contribution < -0.4 is 0 Å². The molecule has 0 unspecified atom stereocenters. The van der Waals surface area contributed by atoms with Crippen molar-refractivity contribution in [1.29, 1.82) is 0 Å². The third-order valence-corrected chi connectivity index (χ3v) is 1.87. The van der Waals surface area contributed by atoms with Crippen molar-refractivity contribution in [3.05, 3.63) is 24.5 Å². The van der Waals surface area contributed by atoms with Crippen molar-refractivity contribution in [3.63, 3.8) is 0 Å². The van der Waals surface area contributed by atoms with Crippen LogP contribution in [0.1, 0.15) is 11.7 Å². The molecule has 0 saturated heterocycles. The number of carbonyl (C=O) groups is 1. The SMILES string of the molecule is CC(=O)n1cnc2cc(O)ccc21. The second-order valence-electron chi connectivity index (χ2n) is 2.81. The van der Waals surface area contributed by atoms with Crippen LogP contribution in [-0.2, 0) is 0 Å². The van der Waals surface area contributed by atoms with Gasteiger partial charge in [0.2, 0.25) is 5.91 Å². The van der Waals surface area contributed by atoms with E-state index in [0.29, 0.717) is 11.0 Å². The summed E-state index contributed by atoms with van der Waals surface area (Å²) < 4.78 is 1.44. The van der Waals surface area contributed by atoms with Gasteiger partial charge in [-0.3, -0.25) is 9.36 Å². The van der Waals surface area contributed by atoms with Gasteiger partial charge in [-0.25, -0.2) is 4.98 Å². The van der Waals surface area contributed by atoms with Crippen LogP contribution in [0.25, 0.3) is 11.0 Å². The summed E-state index contributed by atoms with van der Waals surface area (Å²) in [6.45, 7) is 1.47. The van der Waals surface area contributed by atoms with E-state index in [1.165, 1.54) is 30.0 Å².